The number of nitrogen functional groups attached to an aromatic ring is 1. The van der Waals surface area contributed by atoms with E-state index in [2.05, 4.69) is 22.6 Å². The maximum Gasteiger partial charge on any atom is 0.416 e. The minimum absolute atomic E-state index is 0.0810. The third-order valence-corrected chi connectivity index (χ3v) is 2.64. The molecule has 0 atom stereocenters. The van der Waals surface area contributed by atoms with E-state index in [1.165, 1.54) is 6.07 Å². The van der Waals surface area contributed by atoms with Crippen molar-refractivity contribution in [3.8, 4) is 11.8 Å². The number of anilines is 1. The highest BCUT2D eigenvalue weighted by Gasteiger charge is 2.30. The molecule has 4 N–H and O–H groups in total. The largest absolute Gasteiger partial charge is 0.444 e. The fourth-order valence-corrected chi connectivity index (χ4v) is 1.65. The van der Waals surface area contributed by atoms with Gasteiger partial charge >= 0.3 is 12.3 Å². The molecule has 8 heteroatoms. The van der Waals surface area contributed by atoms with E-state index in [-0.39, 0.29) is 12.2 Å². The Kier molecular flexibility index (Phi) is 6.49. The lowest BCUT2D eigenvalue weighted by Crippen LogP contribution is -2.32. The first-order valence-corrected chi connectivity index (χ1v) is 7.16. The second-order valence-electron chi connectivity index (χ2n) is 5.88. The van der Waals surface area contributed by atoms with Crippen LogP contribution in [0.2, 0.25) is 0 Å². The van der Waals surface area contributed by atoms with Crippen molar-refractivity contribution in [2.24, 2.45) is 5.84 Å². The number of alkyl carbamates (subject to hydrolysis) is 1. The van der Waals surface area contributed by atoms with Gasteiger partial charge in [-0.1, -0.05) is 11.8 Å². The van der Waals surface area contributed by atoms with Gasteiger partial charge in [-0.15, -0.1) is 0 Å². The summed E-state index contributed by atoms with van der Waals surface area (Å²) in [5, 5.41) is 2.53. The molecule has 1 rings (SSSR count). The van der Waals surface area contributed by atoms with E-state index < -0.39 is 23.4 Å². The molecule has 0 aliphatic rings. The maximum absolute atomic E-state index is 12.6. The smallest absolute Gasteiger partial charge is 0.416 e. The van der Waals surface area contributed by atoms with Gasteiger partial charge in [0.15, 0.2) is 0 Å². The molecule has 0 unspecified atom stereocenters. The van der Waals surface area contributed by atoms with Gasteiger partial charge < -0.3 is 15.5 Å². The first-order chi connectivity index (χ1) is 11.0. The van der Waals surface area contributed by atoms with Crippen molar-refractivity contribution in [3.63, 3.8) is 0 Å². The standard InChI is InChI=1S/C16H20F3N3O2/c1-15(2,3)24-14(23)21-9-5-4-6-11-7-8-12(16(17,18)19)10-13(11)22-20/h7-8,10,22H,5,9,20H2,1-3H3,(H,21,23). The number of amides is 1. The Balaban J connectivity index is 2.62. The number of halogens is 3. The number of carbonyl (C=O) groups is 1. The van der Waals surface area contributed by atoms with Crippen molar-refractivity contribution >= 4 is 11.8 Å². The van der Waals surface area contributed by atoms with E-state index in [0.717, 1.165) is 12.1 Å². The number of hydrazine groups is 1. The molecule has 0 heterocycles. The first-order valence-electron chi connectivity index (χ1n) is 7.16. The molecule has 0 saturated carbocycles. The molecule has 132 valence electrons. The van der Waals surface area contributed by atoms with E-state index in [0.29, 0.717) is 12.0 Å². The number of carbonyl (C=O) groups excluding carboxylic acids is 1. The van der Waals surface area contributed by atoms with Gasteiger partial charge in [-0.2, -0.15) is 13.2 Å². The third kappa shape index (κ3) is 6.79. The highest BCUT2D eigenvalue weighted by molar-refractivity contribution is 5.67. The van der Waals surface area contributed by atoms with Crippen LogP contribution < -0.4 is 16.6 Å². The minimum Gasteiger partial charge on any atom is -0.444 e. The summed E-state index contributed by atoms with van der Waals surface area (Å²) in [5.74, 6) is 10.7. The Morgan fingerprint density at radius 1 is 1.29 bits per heavy atom. The van der Waals surface area contributed by atoms with Crippen LogP contribution in [0.25, 0.3) is 0 Å². The molecular weight excluding hydrogens is 323 g/mol. The van der Waals surface area contributed by atoms with E-state index in [4.69, 9.17) is 10.6 Å². The van der Waals surface area contributed by atoms with Crippen molar-refractivity contribution in [1.82, 2.24) is 5.32 Å². The zero-order chi connectivity index (χ0) is 18.4. The molecule has 0 spiro atoms. The lowest BCUT2D eigenvalue weighted by atomic mass is 10.1. The molecule has 1 aromatic rings. The number of hydrogen-bond donors (Lipinski definition) is 3. The topological polar surface area (TPSA) is 76.4 Å². The first kappa shape index (κ1) is 19.6. The molecule has 0 aliphatic carbocycles. The van der Waals surface area contributed by atoms with Crippen molar-refractivity contribution in [2.45, 2.75) is 39.0 Å². The van der Waals surface area contributed by atoms with Gasteiger partial charge in [0.1, 0.15) is 5.60 Å². The number of nitrogens with one attached hydrogen (secondary N) is 2. The molecular formula is C16H20F3N3O2. The molecule has 1 aromatic carbocycles. The molecule has 0 saturated heterocycles. The molecule has 24 heavy (non-hydrogen) atoms. The summed E-state index contributed by atoms with van der Waals surface area (Å²) in [7, 11) is 0. The summed E-state index contributed by atoms with van der Waals surface area (Å²) in [6.45, 7) is 5.50. The third-order valence-electron chi connectivity index (χ3n) is 2.64. The second-order valence-corrected chi connectivity index (χ2v) is 5.88. The Morgan fingerprint density at radius 3 is 2.50 bits per heavy atom. The van der Waals surface area contributed by atoms with Gasteiger partial charge in [0.05, 0.1) is 11.3 Å². The summed E-state index contributed by atoms with van der Waals surface area (Å²) >= 11 is 0. The molecule has 1 amide bonds. The minimum atomic E-state index is -4.45. The van der Waals surface area contributed by atoms with Crippen LogP contribution in [0, 0.1) is 11.8 Å². The summed E-state index contributed by atoms with van der Waals surface area (Å²) < 4.78 is 42.9. The summed E-state index contributed by atoms with van der Waals surface area (Å²) in [4.78, 5) is 11.4. The van der Waals surface area contributed by atoms with Gasteiger partial charge in [-0.3, -0.25) is 5.84 Å². The maximum atomic E-state index is 12.6. The Labute approximate surface area is 138 Å². The molecule has 0 radical (unpaired) electrons. The lowest BCUT2D eigenvalue weighted by molar-refractivity contribution is -0.137. The number of hydrogen-bond acceptors (Lipinski definition) is 4. The predicted octanol–water partition coefficient (Wildman–Crippen LogP) is 3.26. The SMILES string of the molecule is CC(C)(C)OC(=O)NCCC#Cc1ccc(C(F)(F)F)cc1NN. The Morgan fingerprint density at radius 2 is 1.96 bits per heavy atom. The zero-order valence-electron chi connectivity index (χ0n) is 13.7. The molecule has 0 bridgehead atoms. The van der Waals surface area contributed by atoms with Crippen molar-refractivity contribution in [3.05, 3.63) is 29.3 Å². The summed E-state index contributed by atoms with van der Waals surface area (Å²) in [6, 6.07) is 3.07. The molecule has 5 nitrogen and oxygen atoms in total. The van der Waals surface area contributed by atoms with Crippen LogP contribution in [0.1, 0.15) is 38.3 Å². The van der Waals surface area contributed by atoms with E-state index in [1.807, 2.05) is 0 Å². The zero-order valence-corrected chi connectivity index (χ0v) is 13.7. The van der Waals surface area contributed by atoms with Crippen LogP contribution in [0.15, 0.2) is 18.2 Å². The van der Waals surface area contributed by atoms with Gasteiger partial charge in [-0.05, 0) is 39.0 Å². The lowest BCUT2D eigenvalue weighted by Gasteiger charge is -2.19. The van der Waals surface area contributed by atoms with Crippen molar-refractivity contribution < 1.29 is 22.7 Å². The van der Waals surface area contributed by atoms with Crippen molar-refractivity contribution in [2.75, 3.05) is 12.0 Å². The number of benzene rings is 1. The average molecular weight is 343 g/mol. The quantitative estimate of drug-likeness (QED) is 0.341. The highest BCUT2D eigenvalue weighted by Crippen LogP contribution is 2.31. The van der Waals surface area contributed by atoms with Crippen LogP contribution in [0.4, 0.5) is 23.7 Å². The highest BCUT2D eigenvalue weighted by atomic mass is 19.4. The van der Waals surface area contributed by atoms with E-state index >= 15 is 0 Å². The number of rotatable bonds is 3. The molecule has 0 aromatic heterocycles. The van der Waals surface area contributed by atoms with Gasteiger partial charge in [0, 0.05) is 18.5 Å². The van der Waals surface area contributed by atoms with Crippen molar-refractivity contribution in [1.29, 1.82) is 0 Å². The number of alkyl halides is 3. The normalized spacial score (nSPS) is 11.3. The fourth-order valence-electron chi connectivity index (χ4n) is 1.65. The average Bonchev–Trinajstić information content (AvgIpc) is 2.44. The second kappa shape index (κ2) is 7.93. The van der Waals surface area contributed by atoms with Gasteiger partial charge in [0.25, 0.3) is 0 Å². The fraction of sp³-hybridized carbons (Fsp3) is 0.438. The number of ether oxygens (including phenoxy) is 1. The van der Waals surface area contributed by atoms with Crippen LogP contribution >= 0.6 is 0 Å². The predicted molar refractivity (Wildman–Crippen MR) is 85.0 cm³/mol. The van der Waals surface area contributed by atoms with Crippen LogP contribution in [-0.2, 0) is 10.9 Å². The Hall–Kier alpha value is -2.40. The van der Waals surface area contributed by atoms with Gasteiger partial charge in [-0.25, -0.2) is 4.79 Å². The monoisotopic (exact) mass is 343 g/mol. The van der Waals surface area contributed by atoms with Crippen LogP contribution in [-0.4, -0.2) is 18.2 Å². The molecule has 0 fully saturated rings. The summed E-state index contributed by atoms with van der Waals surface area (Å²) in [5.41, 5.74) is 1.22. The molecule has 0 aliphatic heterocycles. The van der Waals surface area contributed by atoms with Crippen LogP contribution in [0.3, 0.4) is 0 Å². The summed E-state index contributed by atoms with van der Waals surface area (Å²) in [6.07, 6.45) is -4.69. The van der Waals surface area contributed by atoms with Gasteiger partial charge in [0.2, 0.25) is 0 Å². The van der Waals surface area contributed by atoms with Crippen LogP contribution in [0.5, 0.6) is 0 Å². The Bertz CT molecular complexity index is 641. The number of nitrogens with two attached hydrogens (primary N) is 1. The van der Waals surface area contributed by atoms with E-state index in [9.17, 15) is 18.0 Å². The van der Waals surface area contributed by atoms with E-state index in [1.54, 1.807) is 20.8 Å².